The lowest BCUT2D eigenvalue weighted by Gasteiger charge is -2.11. The average Bonchev–Trinajstić information content (AvgIpc) is 2.43. The van der Waals surface area contributed by atoms with E-state index in [1.807, 2.05) is 0 Å². The maximum absolute atomic E-state index is 11.2. The van der Waals surface area contributed by atoms with Crippen LogP contribution in [0.15, 0.2) is 10.2 Å². The van der Waals surface area contributed by atoms with Crippen LogP contribution in [0.4, 0.5) is 0 Å². The van der Waals surface area contributed by atoms with Gasteiger partial charge >= 0.3 is 0 Å². The van der Waals surface area contributed by atoms with Crippen molar-refractivity contribution in [3.63, 3.8) is 0 Å². The zero-order valence-electron chi connectivity index (χ0n) is 6.08. The fourth-order valence-electron chi connectivity index (χ4n) is 1.41. The molecular formula is C6H6ClN3O2. The van der Waals surface area contributed by atoms with Crippen molar-refractivity contribution in [2.75, 3.05) is 0 Å². The summed E-state index contributed by atoms with van der Waals surface area (Å²) in [5.41, 5.74) is -1.45. The molecule has 64 valence electrons. The summed E-state index contributed by atoms with van der Waals surface area (Å²) >= 11 is 5.64. The quantitative estimate of drug-likeness (QED) is 0.334. The average molecular weight is 188 g/mol. The summed E-state index contributed by atoms with van der Waals surface area (Å²) in [6.07, 6.45) is 0.407. The number of alkyl halides is 1. The second kappa shape index (κ2) is 2.26. The van der Waals surface area contributed by atoms with Crippen molar-refractivity contribution in [1.29, 1.82) is 0 Å². The van der Waals surface area contributed by atoms with Crippen molar-refractivity contribution in [3.05, 3.63) is 0 Å². The molecule has 0 bridgehead atoms. The lowest BCUT2D eigenvalue weighted by Crippen LogP contribution is -2.35. The number of carbonyl (C=O) groups is 2. The summed E-state index contributed by atoms with van der Waals surface area (Å²) in [5, 5.41) is 9.55. The van der Waals surface area contributed by atoms with Crippen LogP contribution >= 0.6 is 11.6 Å². The predicted molar refractivity (Wildman–Crippen MR) is 39.6 cm³/mol. The Hall–Kier alpha value is -0.970. The Bertz CT molecular complexity index is 291. The first-order chi connectivity index (χ1) is 5.62. The highest BCUT2D eigenvalue weighted by molar-refractivity contribution is 6.21. The van der Waals surface area contributed by atoms with E-state index in [4.69, 9.17) is 11.6 Å². The summed E-state index contributed by atoms with van der Waals surface area (Å²) in [6.45, 7) is 0. The highest BCUT2D eigenvalue weighted by atomic mass is 35.5. The number of imide groups is 1. The van der Waals surface area contributed by atoms with E-state index >= 15 is 0 Å². The van der Waals surface area contributed by atoms with E-state index in [1.54, 1.807) is 0 Å². The maximum atomic E-state index is 11.2. The first-order valence-corrected chi connectivity index (χ1v) is 3.96. The van der Waals surface area contributed by atoms with Crippen molar-refractivity contribution in [1.82, 2.24) is 5.32 Å². The first kappa shape index (κ1) is 7.67. The minimum atomic E-state index is -0.983. The van der Waals surface area contributed by atoms with Gasteiger partial charge in [-0.1, -0.05) is 11.6 Å². The SMILES string of the molecule is O=C1CC2(CC(Cl)N=N2)C(=O)N1. The van der Waals surface area contributed by atoms with Crippen LogP contribution in [-0.4, -0.2) is 22.9 Å². The minimum absolute atomic E-state index is 0.0819. The highest BCUT2D eigenvalue weighted by Crippen LogP contribution is 2.35. The summed E-state index contributed by atoms with van der Waals surface area (Å²) in [6, 6.07) is 0. The summed E-state index contributed by atoms with van der Waals surface area (Å²) in [4.78, 5) is 22.1. The molecule has 0 aromatic heterocycles. The molecule has 0 saturated carbocycles. The molecule has 5 nitrogen and oxygen atoms in total. The van der Waals surface area contributed by atoms with Crippen LogP contribution in [0.3, 0.4) is 0 Å². The smallest absolute Gasteiger partial charge is 0.257 e. The van der Waals surface area contributed by atoms with Gasteiger partial charge in [-0.05, 0) is 0 Å². The standard InChI is InChI=1S/C6H6ClN3O2/c7-3-1-6(10-9-3)2-4(11)8-5(6)12/h3H,1-2H2,(H,8,11,12). The third-order valence-corrected chi connectivity index (χ3v) is 2.25. The lowest BCUT2D eigenvalue weighted by atomic mass is 9.96. The molecule has 0 aliphatic carbocycles. The third-order valence-electron chi connectivity index (χ3n) is 2.01. The number of rotatable bonds is 0. The number of hydrogen-bond donors (Lipinski definition) is 1. The summed E-state index contributed by atoms with van der Waals surface area (Å²) in [7, 11) is 0. The van der Waals surface area contributed by atoms with Crippen LogP contribution in [-0.2, 0) is 9.59 Å². The van der Waals surface area contributed by atoms with Gasteiger partial charge in [-0.2, -0.15) is 10.2 Å². The highest BCUT2D eigenvalue weighted by Gasteiger charge is 2.51. The fraction of sp³-hybridized carbons (Fsp3) is 0.667. The number of carbonyl (C=O) groups excluding carboxylic acids is 2. The minimum Gasteiger partial charge on any atom is -0.294 e. The van der Waals surface area contributed by atoms with Crippen molar-refractivity contribution in [2.45, 2.75) is 23.9 Å². The predicted octanol–water partition coefficient (Wildman–Crippen LogP) is 0.192. The number of nitrogens with zero attached hydrogens (tertiary/aromatic N) is 2. The van der Waals surface area contributed by atoms with Gasteiger partial charge in [0.25, 0.3) is 5.91 Å². The number of azo groups is 1. The van der Waals surface area contributed by atoms with Crippen LogP contribution in [0, 0.1) is 0 Å². The Morgan fingerprint density at radius 3 is 2.75 bits per heavy atom. The molecule has 2 aliphatic rings. The Kier molecular flexibility index (Phi) is 1.44. The van der Waals surface area contributed by atoms with Crippen molar-refractivity contribution in [2.24, 2.45) is 10.2 Å². The normalized spacial score (nSPS) is 39.6. The molecule has 1 spiro atoms. The Morgan fingerprint density at radius 1 is 1.58 bits per heavy atom. The molecular weight excluding hydrogens is 182 g/mol. The molecule has 1 N–H and O–H groups in total. The topological polar surface area (TPSA) is 70.9 Å². The molecule has 2 unspecified atom stereocenters. The van der Waals surface area contributed by atoms with Crippen molar-refractivity contribution < 1.29 is 9.59 Å². The molecule has 2 atom stereocenters. The molecule has 2 amide bonds. The van der Waals surface area contributed by atoms with Gasteiger partial charge in [0, 0.05) is 6.42 Å². The number of halogens is 1. The van der Waals surface area contributed by atoms with Crippen LogP contribution < -0.4 is 5.32 Å². The van der Waals surface area contributed by atoms with E-state index in [2.05, 4.69) is 15.5 Å². The van der Waals surface area contributed by atoms with Gasteiger partial charge in [0.15, 0.2) is 5.54 Å². The van der Waals surface area contributed by atoms with E-state index in [0.29, 0.717) is 6.42 Å². The zero-order valence-corrected chi connectivity index (χ0v) is 6.84. The van der Waals surface area contributed by atoms with Gasteiger partial charge in [-0.15, -0.1) is 0 Å². The van der Waals surface area contributed by atoms with Gasteiger partial charge in [-0.3, -0.25) is 14.9 Å². The van der Waals surface area contributed by atoms with Crippen LogP contribution in [0.25, 0.3) is 0 Å². The van der Waals surface area contributed by atoms with Crippen LogP contribution in [0.1, 0.15) is 12.8 Å². The monoisotopic (exact) mass is 187 g/mol. The van der Waals surface area contributed by atoms with Crippen LogP contribution in [0.5, 0.6) is 0 Å². The van der Waals surface area contributed by atoms with E-state index in [-0.39, 0.29) is 18.2 Å². The van der Waals surface area contributed by atoms with Gasteiger partial charge in [-0.25, -0.2) is 0 Å². The second-order valence-electron chi connectivity index (χ2n) is 2.94. The molecule has 12 heavy (non-hydrogen) atoms. The van der Waals surface area contributed by atoms with Crippen LogP contribution in [0.2, 0.25) is 0 Å². The van der Waals surface area contributed by atoms with Gasteiger partial charge in [0.05, 0.1) is 6.42 Å². The van der Waals surface area contributed by atoms with Gasteiger partial charge < -0.3 is 0 Å². The van der Waals surface area contributed by atoms with E-state index in [1.165, 1.54) is 0 Å². The third kappa shape index (κ3) is 0.929. The molecule has 6 heteroatoms. The van der Waals surface area contributed by atoms with Gasteiger partial charge in [0.1, 0.15) is 5.50 Å². The second-order valence-corrected chi connectivity index (χ2v) is 3.44. The molecule has 0 aromatic rings. The Morgan fingerprint density at radius 2 is 2.33 bits per heavy atom. The molecule has 0 radical (unpaired) electrons. The Labute approximate surface area is 73.2 Å². The molecule has 2 aliphatic heterocycles. The number of amides is 2. The molecule has 1 saturated heterocycles. The van der Waals surface area contributed by atoms with E-state index in [9.17, 15) is 9.59 Å². The summed E-state index contributed by atoms with van der Waals surface area (Å²) < 4.78 is 0. The van der Waals surface area contributed by atoms with Gasteiger partial charge in [0.2, 0.25) is 5.91 Å². The summed E-state index contributed by atoms with van der Waals surface area (Å²) in [5.74, 6) is -0.677. The molecule has 2 heterocycles. The Balaban J connectivity index is 2.29. The number of hydrogen-bond acceptors (Lipinski definition) is 4. The maximum Gasteiger partial charge on any atom is 0.257 e. The van der Waals surface area contributed by atoms with E-state index < -0.39 is 11.0 Å². The largest absolute Gasteiger partial charge is 0.294 e. The van der Waals surface area contributed by atoms with Crippen molar-refractivity contribution >= 4 is 23.4 Å². The number of nitrogens with one attached hydrogen (secondary N) is 1. The molecule has 2 rings (SSSR count). The first-order valence-electron chi connectivity index (χ1n) is 3.53. The lowest BCUT2D eigenvalue weighted by molar-refractivity contribution is -0.126. The molecule has 0 aromatic carbocycles. The van der Waals surface area contributed by atoms with E-state index in [0.717, 1.165) is 0 Å². The fourth-order valence-corrected chi connectivity index (χ4v) is 1.71. The van der Waals surface area contributed by atoms with Crippen molar-refractivity contribution in [3.8, 4) is 0 Å². The molecule has 1 fully saturated rings. The zero-order chi connectivity index (χ0) is 8.77.